The number of nitrogens with zero attached hydrogens (tertiary/aromatic N) is 2. The third-order valence-corrected chi connectivity index (χ3v) is 3.06. The number of ether oxygens (including phenoxy) is 2. The second-order valence-corrected chi connectivity index (χ2v) is 4.72. The van der Waals surface area contributed by atoms with Crippen LogP contribution in [0.2, 0.25) is 0 Å². The molecular formula is C13H16FN3O5. The number of esters is 1. The fraction of sp³-hybridized carbons (Fsp3) is 0.538. The molecule has 0 saturated carbocycles. The number of anilines is 1. The van der Waals surface area contributed by atoms with Crippen LogP contribution in [0, 0.1) is 5.82 Å². The zero-order chi connectivity index (χ0) is 16.3. The van der Waals surface area contributed by atoms with Gasteiger partial charge < -0.3 is 14.8 Å². The van der Waals surface area contributed by atoms with Gasteiger partial charge in [-0.2, -0.15) is 4.98 Å². The van der Waals surface area contributed by atoms with Crippen LogP contribution < -0.4 is 11.0 Å². The largest absolute Gasteiger partial charge is 0.464 e. The molecule has 1 aliphatic heterocycles. The van der Waals surface area contributed by atoms with Crippen molar-refractivity contribution in [1.29, 1.82) is 0 Å². The Labute approximate surface area is 125 Å². The van der Waals surface area contributed by atoms with E-state index in [2.05, 4.69) is 10.3 Å². The van der Waals surface area contributed by atoms with Crippen molar-refractivity contribution in [2.45, 2.75) is 39.0 Å². The molecule has 2 atom stereocenters. The summed E-state index contributed by atoms with van der Waals surface area (Å²) >= 11 is 0. The number of rotatable bonds is 4. The SMILES string of the molecule is CCOC(=O)[C@H]1CC[C@@H](n2cc(F)c(NC(C)=O)nc2=O)O1. The predicted octanol–water partition coefficient (Wildman–Crippen LogP) is 0.581. The van der Waals surface area contributed by atoms with Gasteiger partial charge in [0.25, 0.3) is 0 Å². The number of carbonyl (C=O) groups excluding carboxylic acids is 2. The number of hydrogen-bond donors (Lipinski definition) is 1. The lowest BCUT2D eigenvalue weighted by atomic mass is 10.2. The molecule has 0 unspecified atom stereocenters. The maximum atomic E-state index is 13.8. The molecule has 1 aromatic rings. The third-order valence-electron chi connectivity index (χ3n) is 3.06. The van der Waals surface area contributed by atoms with Crippen LogP contribution in [0.5, 0.6) is 0 Å². The monoisotopic (exact) mass is 313 g/mol. The van der Waals surface area contributed by atoms with Gasteiger partial charge in [-0.05, 0) is 19.8 Å². The molecule has 1 aromatic heterocycles. The van der Waals surface area contributed by atoms with E-state index in [9.17, 15) is 18.8 Å². The van der Waals surface area contributed by atoms with E-state index in [4.69, 9.17) is 9.47 Å². The lowest BCUT2D eigenvalue weighted by Gasteiger charge is -2.15. The van der Waals surface area contributed by atoms with Crippen molar-refractivity contribution in [2.24, 2.45) is 0 Å². The smallest absolute Gasteiger partial charge is 0.351 e. The van der Waals surface area contributed by atoms with Crippen LogP contribution in [0.4, 0.5) is 10.2 Å². The second kappa shape index (κ2) is 6.65. The van der Waals surface area contributed by atoms with Gasteiger partial charge in [0.15, 0.2) is 17.7 Å². The summed E-state index contributed by atoms with van der Waals surface area (Å²) in [7, 11) is 0. The number of hydrogen-bond acceptors (Lipinski definition) is 6. The Bertz CT molecular complexity index is 645. The molecule has 1 N–H and O–H groups in total. The second-order valence-electron chi connectivity index (χ2n) is 4.72. The van der Waals surface area contributed by atoms with Gasteiger partial charge >= 0.3 is 11.7 Å². The van der Waals surface area contributed by atoms with Crippen LogP contribution in [0.1, 0.15) is 32.9 Å². The highest BCUT2D eigenvalue weighted by molar-refractivity contribution is 5.87. The molecule has 9 heteroatoms. The fourth-order valence-electron chi connectivity index (χ4n) is 2.14. The van der Waals surface area contributed by atoms with E-state index in [0.717, 1.165) is 10.8 Å². The van der Waals surface area contributed by atoms with E-state index in [-0.39, 0.29) is 6.61 Å². The van der Waals surface area contributed by atoms with Gasteiger partial charge in [-0.3, -0.25) is 9.36 Å². The Hall–Kier alpha value is -2.29. The summed E-state index contributed by atoms with van der Waals surface area (Å²) in [6, 6.07) is 0. The number of amides is 1. The number of carbonyl (C=O) groups is 2. The van der Waals surface area contributed by atoms with Gasteiger partial charge in [0.2, 0.25) is 5.91 Å². The van der Waals surface area contributed by atoms with Crippen LogP contribution in [0.3, 0.4) is 0 Å². The van der Waals surface area contributed by atoms with E-state index in [0.29, 0.717) is 12.8 Å². The molecule has 0 radical (unpaired) electrons. The Morgan fingerprint density at radius 3 is 2.91 bits per heavy atom. The summed E-state index contributed by atoms with van der Waals surface area (Å²) in [4.78, 5) is 37.8. The third kappa shape index (κ3) is 3.48. The number of halogens is 1. The molecule has 1 aliphatic rings. The highest BCUT2D eigenvalue weighted by Crippen LogP contribution is 2.28. The van der Waals surface area contributed by atoms with Gasteiger partial charge in [0.1, 0.15) is 6.23 Å². The summed E-state index contributed by atoms with van der Waals surface area (Å²) in [6.07, 6.45) is 0.0404. The molecule has 1 fully saturated rings. The molecule has 0 aromatic carbocycles. The molecule has 0 spiro atoms. The average molecular weight is 313 g/mol. The Kier molecular flexibility index (Phi) is 4.86. The van der Waals surface area contributed by atoms with Crippen molar-refractivity contribution in [2.75, 3.05) is 11.9 Å². The van der Waals surface area contributed by atoms with Gasteiger partial charge in [0.05, 0.1) is 12.8 Å². The first-order valence-electron chi connectivity index (χ1n) is 6.80. The molecule has 2 heterocycles. The molecule has 120 valence electrons. The summed E-state index contributed by atoms with van der Waals surface area (Å²) < 4.78 is 25.0. The standard InChI is InChI=1S/C13H16FN3O5/c1-3-21-12(19)9-4-5-10(22-9)17-6-8(14)11(15-7(2)18)16-13(17)20/h6,9-10H,3-5H2,1-2H3,(H,15,16,18,20)/t9-,10+/m1/s1. The topological polar surface area (TPSA) is 99.5 Å². The van der Waals surface area contributed by atoms with Gasteiger partial charge in [-0.15, -0.1) is 0 Å². The number of aromatic nitrogens is 2. The lowest BCUT2D eigenvalue weighted by Crippen LogP contribution is -2.30. The van der Waals surface area contributed by atoms with E-state index >= 15 is 0 Å². The molecule has 0 aliphatic carbocycles. The van der Waals surface area contributed by atoms with Crippen molar-refractivity contribution in [1.82, 2.24) is 9.55 Å². The van der Waals surface area contributed by atoms with Crippen LogP contribution in [-0.2, 0) is 19.1 Å². The van der Waals surface area contributed by atoms with Crippen molar-refractivity contribution in [3.63, 3.8) is 0 Å². The molecule has 0 bridgehead atoms. The molecule has 22 heavy (non-hydrogen) atoms. The first kappa shape index (κ1) is 16.1. The van der Waals surface area contributed by atoms with Crippen molar-refractivity contribution in [3.05, 3.63) is 22.5 Å². The summed E-state index contributed by atoms with van der Waals surface area (Å²) in [5.41, 5.74) is -0.778. The molecule has 1 saturated heterocycles. The average Bonchev–Trinajstić information content (AvgIpc) is 2.92. The quantitative estimate of drug-likeness (QED) is 0.816. The zero-order valence-corrected chi connectivity index (χ0v) is 12.2. The Balaban J connectivity index is 2.17. The van der Waals surface area contributed by atoms with Crippen LogP contribution in [0.15, 0.2) is 11.0 Å². The fourth-order valence-corrected chi connectivity index (χ4v) is 2.14. The van der Waals surface area contributed by atoms with Gasteiger partial charge in [0, 0.05) is 6.92 Å². The van der Waals surface area contributed by atoms with Crippen LogP contribution in [0.25, 0.3) is 0 Å². The normalized spacial score (nSPS) is 20.7. The molecule has 8 nitrogen and oxygen atoms in total. The molecule has 1 amide bonds. The van der Waals surface area contributed by atoms with E-state index < -0.39 is 41.5 Å². The Morgan fingerprint density at radius 1 is 1.55 bits per heavy atom. The van der Waals surface area contributed by atoms with Crippen LogP contribution >= 0.6 is 0 Å². The first-order chi connectivity index (χ1) is 10.4. The van der Waals surface area contributed by atoms with E-state index in [1.54, 1.807) is 6.92 Å². The summed E-state index contributed by atoms with van der Waals surface area (Å²) in [5, 5.41) is 2.12. The minimum atomic E-state index is -0.863. The van der Waals surface area contributed by atoms with Crippen LogP contribution in [-0.4, -0.2) is 34.1 Å². The highest BCUT2D eigenvalue weighted by Gasteiger charge is 2.33. The maximum Gasteiger partial charge on any atom is 0.351 e. The first-order valence-corrected chi connectivity index (χ1v) is 6.80. The van der Waals surface area contributed by atoms with E-state index in [1.165, 1.54) is 6.92 Å². The minimum Gasteiger partial charge on any atom is -0.464 e. The summed E-state index contributed by atoms with van der Waals surface area (Å²) in [6.45, 7) is 3.08. The summed E-state index contributed by atoms with van der Waals surface area (Å²) in [5.74, 6) is -2.35. The van der Waals surface area contributed by atoms with Crippen molar-refractivity contribution in [3.8, 4) is 0 Å². The van der Waals surface area contributed by atoms with Gasteiger partial charge in [-0.1, -0.05) is 0 Å². The Morgan fingerprint density at radius 2 is 2.27 bits per heavy atom. The minimum absolute atomic E-state index is 0.227. The maximum absolute atomic E-state index is 13.8. The zero-order valence-electron chi connectivity index (χ0n) is 12.2. The van der Waals surface area contributed by atoms with Crippen molar-refractivity contribution < 1.29 is 23.5 Å². The lowest BCUT2D eigenvalue weighted by molar-refractivity contribution is -0.157. The highest BCUT2D eigenvalue weighted by atomic mass is 19.1. The van der Waals surface area contributed by atoms with E-state index in [1.807, 2.05) is 0 Å². The van der Waals surface area contributed by atoms with Crippen molar-refractivity contribution >= 4 is 17.7 Å². The molecular weight excluding hydrogens is 297 g/mol. The van der Waals surface area contributed by atoms with Gasteiger partial charge in [-0.25, -0.2) is 14.0 Å². The number of nitrogens with one attached hydrogen (secondary N) is 1. The molecule has 2 rings (SSSR count). The predicted molar refractivity (Wildman–Crippen MR) is 72.5 cm³/mol.